The van der Waals surface area contributed by atoms with Crippen LogP contribution in [0.15, 0.2) is 48.5 Å². The molecule has 8 nitrogen and oxygen atoms in total. The monoisotopic (exact) mass is 778 g/mol. The number of ether oxygens (including phenoxy) is 3. The van der Waals surface area contributed by atoms with Gasteiger partial charge in [0.1, 0.15) is 17.7 Å². The van der Waals surface area contributed by atoms with Gasteiger partial charge < -0.3 is 14.2 Å². The Bertz CT molecular complexity index is 1890. The van der Waals surface area contributed by atoms with Crippen molar-refractivity contribution in [2.24, 2.45) is 0 Å². The molecule has 2 aliphatic heterocycles. The number of piperidine rings is 1. The highest BCUT2D eigenvalue weighted by atomic mass is 19.4. The fraction of sp³-hybridized carbons (Fsp3) is 0.417. The molecule has 0 bridgehead atoms. The van der Waals surface area contributed by atoms with E-state index in [1.54, 1.807) is 4.90 Å². The first-order valence-corrected chi connectivity index (χ1v) is 16.3. The van der Waals surface area contributed by atoms with Gasteiger partial charge in [-0.2, -0.15) is 39.5 Å². The van der Waals surface area contributed by atoms with Gasteiger partial charge in [-0.1, -0.05) is 6.07 Å². The SMILES string of the molecule is COc1cc(F)c(C2CCN(CC(=O)OC(C)=O)CC2)cc1-c1ccc(C(F)(F)F)cc1CN1C(=O)O[C@H](c2cc(C(F)(F)F)cc(C(F)(F)F)c2)[C@@H]1C. The normalized spacial score (nSPS) is 18.8. The van der Waals surface area contributed by atoms with Crippen molar-refractivity contribution < 1.29 is 72.5 Å². The van der Waals surface area contributed by atoms with Gasteiger partial charge in [0.05, 0.1) is 42.9 Å². The number of methoxy groups -OCH3 is 1. The summed E-state index contributed by atoms with van der Waals surface area (Å²) in [6.45, 7) is 2.16. The molecule has 0 N–H and O–H groups in total. The molecule has 2 saturated heterocycles. The maximum atomic E-state index is 15.6. The first-order valence-electron chi connectivity index (χ1n) is 16.3. The number of amides is 1. The summed E-state index contributed by atoms with van der Waals surface area (Å²) < 4.78 is 154. The van der Waals surface area contributed by atoms with Crippen molar-refractivity contribution in [1.29, 1.82) is 0 Å². The van der Waals surface area contributed by atoms with Gasteiger partial charge in [-0.3, -0.25) is 19.4 Å². The van der Waals surface area contributed by atoms with Gasteiger partial charge in [0.2, 0.25) is 0 Å². The predicted octanol–water partition coefficient (Wildman–Crippen LogP) is 8.91. The highest BCUT2D eigenvalue weighted by Gasteiger charge is 2.44. The number of rotatable bonds is 8. The van der Waals surface area contributed by atoms with Crippen LogP contribution in [0.2, 0.25) is 0 Å². The molecule has 0 saturated carbocycles. The van der Waals surface area contributed by atoms with Crippen molar-refractivity contribution >= 4 is 18.0 Å². The van der Waals surface area contributed by atoms with Gasteiger partial charge in [0.15, 0.2) is 0 Å². The van der Waals surface area contributed by atoms with Crippen molar-refractivity contribution in [2.45, 2.75) is 69.8 Å². The molecule has 2 heterocycles. The summed E-state index contributed by atoms with van der Waals surface area (Å²) in [4.78, 5) is 38.8. The molecule has 2 aliphatic rings. The largest absolute Gasteiger partial charge is 0.496 e. The molecular formula is C36H32F10N2O6. The fourth-order valence-electron chi connectivity index (χ4n) is 6.69. The molecule has 292 valence electrons. The van der Waals surface area contributed by atoms with Crippen molar-refractivity contribution in [2.75, 3.05) is 26.7 Å². The number of likely N-dealkylation sites (tertiary alicyclic amines) is 1. The number of alkyl halides is 9. The van der Waals surface area contributed by atoms with Crippen LogP contribution in [0.25, 0.3) is 11.1 Å². The second-order valence-electron chi connectivity index (χ2n) is 13.0. The number of carbonyl (C=O) groups excluding carboxylic acids is 3. The summed E-state index contributed by atoms with van der Waals surface area (Å²) in [6.07, 6.45) is -17.4. The minimum atomic E-state index is -5.19. The Kier molecular flexibility index (Phi) is 11.3. The van der Waals surface area contributed by atoms with E-state index >= 15 is 4.39 Å². The summed E-state index contributed by atoms with van der Waals surface area (Å²) in [5.41, 5.74) is -4.84. The maximum Gasteiger partial charge on any atom is 0.416 e. The molecule has 2 atom stereocenters. The Hall–Kier alpha value is -4.87. The van der Waals surface area contributed by atoms with Gasteiger partial charge in [0, 0.05) is 18.6 Å². The van der Waals surface area contributed by atoms with Gasteiger partial charge >= 0.3 is 36.6 Å². The van der Waals surface area contributed by atoms with E-state index in [4.69, 9.17) is 9.47 Å². The Morgan fingerprint density at radius 1 is 0.833 bits per heavy atom. The van der Waals surface area contributed by atoms with Crippen molar-refractivity contribution in [3.8, 4) is 16.9 Å². The molecule has 0 radical (unpaired) electrons. The van der Waals surface area contributed by atoms with Crippen LogP contribution in [0.5, 0.6) is 5.75 Å². The Morgan fingerprint density at radius 2 is 1.43 bits per heavy atom. The Labute approximate surface area is 301 Å². The zero-order valence-electron chi connectivity index (χ0n) is 28.7. The number of esters is 2. The first-order chi connectivity index (χ1) is 25.1. The minimum absolute atomic E-state index is 0.0624. The Balaban J connectivity index is 1.50. The number of cyclic esters (lactones) is 1. The second-order valence-corrected chi connectivity index (χ2v) is 13.0. The molecule has 1 amide bonds. The lowest BCUT2D eigenvalue weighted by atomic mass is 9.86. The zero-order chi connectivity index (χ0) is 39.9. The van der Waals surface area contributed by atoms with Gasteiger partial charge in [-0.25, -0.2) is 9.18 Å². The predicted molar refractivity (Wildman–Crippen MR) is 169 cm³/mol. The molecule has 3 aromatic rings. The fourth-order valence-corrected chi connectivity index (χ4v) is 6.69. The van der Waals surface area contributed by atoms with E-state index in [9.17, 15) is 53.9 Å². The lowest BCUT2D eigenvalue weighted by Gasteiger charge is -2.32. The number of benzene rings is 3. The molecule has 18 heteroatoms. The minimum Gasteiger partial charge on any atom is -0.496 e. The molecule has 0 unspecified atom stereocenters. The average Bonchev–Trinajstić information content (AvgIpc) is 3.35. The maximum absolute atomic E-state index is 15.6. The van der Waals surface area contributed by atoms with Crippen LogP contribution in [0, 0.1) is 5.82 Å². The van der Waals surface area contributed by atoms with Crippen LogP contribution in [0.4, 0.5) is 48.7 Å². The highest BCUT2D eigenvalue weighted by molar-refractivity contribution is 5.85. The van der Waals surface area contributed by atoms with E-state index in [0.717, 1.165) is 36.1 Å². The number of carbonyl (C=O) groups is 3. The third-order valence-electron chi connectivity index (χ3n) is 9.35. The van der Waals surface area contributed by atoms with E-state index in [0.29, 0.717) is 38.1 Å². The van der Waals surface area contributed by atoms with E-state index in [2.05, 4.69) is 4.74 Å². The summed E-state index contributed by atoms with van der Waals surface area (Å²) in [5.74, 6) is -2.71. The van der Waals surface area contributed by atoms with Gasteiger partial charge in [0.25, 0.3) is 0 Å². The lowest BCUT2D eigenvalue weighted by molar-refractivity contribution is -0.159. The van der Waals surface area contributed by atoms with Gasteiger partial charge in [-0.05, 0) is 97.4 Å². The highest BCUT2D eigenvalue weighted by Crippen LogP contribution is 2.44. The van der Waals surface area contributed by atoms with Crippen molar-refractivity contribution in [3.05, 3.63) is 87.7 Å². The third kappa shape index (κ3) is 8.90. The van der Waals surface area contributed by atoms with Crippen molar-refractivity contribution in [1.82, 2.24) is 9.80 Å². The summed E-state index contributed by atoms with van der Waals surface area (Å²) in [6, 6.07) is 4.51. The third-order valence-corrected chi connectivity index (χ3v) is 9.35. The molecule has 0 aliphatic carbocycles. The summed E-state index contributed by atoms with van der Waals surface area (Å²) in [5, 5.41) is 0. The average molecular weight is 779 g/mol. The first kappa shape index (κ1) is 40.3. The molecule has 0 aromatic heterocycles. The second kappa shape index (κ2) is 15.1. The topological polar surface area (TPSA) is 85.4 Å². The van der Waals surface area contributed by atoms with Crippen LogP contribution < -0.4 is 4.74 Å². The van der Waals surface area contributed by atoms with Crippen LogP contribution in [0.1, 0.15) is 72.1 Å². The summed E-state index contributed by atoms with van der Waals surface area (Å²) >= 11 is 0. The number of halogens is 10. The van der Waals surface area contributed by atoms with Crippen molar-refractivity contribution in [3.63, 3.8) is 0 Å². The number of nitrogens with zero attached hydrogens (tertiary/aromatic N) is 2. The summed E-state index contributed by atoms with van der Waals surface area (Å²) in [7, 11) is 1.20. The number of hydrogen-bond acceptors (Lipinski definition) is 7. The van der Waals surface area contributed by atoms with Gasteiger partial charge in [-0.15, -0.1) is 0 Å². The smallest absolute Gasteiger partial charge is 0.416 e. The van der Waals surface area contributed by atoms with Crippen LogP contribution >= 0.6 is 0 Å². The van der Waals surface area contributed by atoms with E-state index in [1.165, 1.54) is 20.1 Å². The molecular weight excluding hydrogens is 746 g/mol. The molecule has 2 fully saturated rings. The standard InChI is InChI=1S/C36H32F10N2O6/c1-18-32(21-10-24(35(41,42)43)13-25(11-21)36(44,45)46)54-33(51)48(18)16-22-12-23(34(38,39)40)4-5-26(22)28-14-27(29(37)15-30(28)52-3)20-6-8-47(9-7-20)17-31(50)53-19(2)49/h4-5,10-15,18,20,32H,6-9,16-17H2,1-3H3/t18-,32-/m0/s1. The van der Waals surface area contributed by atoms with Crippen LogP contribution in [-0.2, 0) is 44.1 Å². The zero-order valence-corrected chi connectivity index (χ0v) is 28.7. The van der Waals surface area contributed by atoms with E-state index in [1.807, 2.05) is 0 Å². The molecule has 3 aromatic carbocycles. The van der Waals surface area contributed by atoms with Crippen LogP contribution in [-0.4, -0.2) is 60.6 Å². The van der Waals surface area contributed by atoms with E-state index < -0.39 is 89.2 Å². The Morgan fingerprint density at radius 3 is 1.96 bits per heavy atom. The number of hydrogen-bond donors (Lipinski definition) is 0. The quantitative estimate of drug-likeness (QED) is 0.128. The molecule has 5 rings (SSSR count). The molecule has 54 heavy (non-hydrogen) atoms. The lowest BCUT2D eigenvalue weighted by Crippen LogP contribution is -2.38. The van der Waals surface area contributed by atoms with Crippen LogP contribution in [0.3, 0.4) is 0 Å². The molecule has 0 spiro atoms. The van der Waals surface area contributed by atoms with E-state index in [-0.39, 0.29) is 40.6 Å².